The monoisotopic (exact) mass is 252 g/mol. The molecule has 100 valence electrons. The van der Waals surface area contributed by atoms with Crippen LogP contribution in [0.25, 0.3) is 0 Å². The summed E-state index contributed by atoms with van der Waals surface area (Å²) in [6.07, 6.45) is 2.71. The molecule has 0 spiro atoms. The molecule has 1 aromatic rings. The first-order valence-electron chi connectivity index (χ1n) is 6.41. The van der Waals surface area contributed by atoms with E-state index < -0.39 is 5.97 Å². The molecule has 18 heavy (non-hydrogen) atoms. The first-order valence-corrected chi connectivity index (χ1v) is 6.41. The summed E-state index contributed by atoms with van der Waals surface area (Å²) in [5, 5.41) is 13.2. The second kappa shape index (κ2) is 5.52. The molecule has 1 aliphatic heterocycles. The summed E-state index contributed by atoms with van der Waals surface area (Å²) in [4.78, 5) is 10.6. The Balaban J connectivity index is 2.17. The van der Waals surface area contributed by atoms with Crippen LogP contribution in [-0.4, -0.2) is 34.1 Å². The van der Waals surface area contributed by atoms with Crippen LogP contribution in [0.3, 0.4) is 0 Å². The van der Waals surface area contributed by atoms with Crippen molar-refractivity contribution in [2.75, 3.05) is 13.2 Å². The fourth-order valence-corrected chi connectivity index (χ4v) is 2.70. The third kappa shape index (κ3) is 2.72. The Kier molecular flexibility index (Phi) is 4.01. The lowest BCUT2D eigenvalue weighted by atomic mass is 9.93. The van der Waals surface area contributed by atoms with Gasteiger partial charge in [-0.25, -0.2) is 0 Å². The standard InChI is InChI=1S/C13H20N2O3/c1-9-11(3-4-12(16)17)14-15(2)13(9)10-5-7-18-8-6-10/h10H,3-8H2,1-2H3,(H,16,17). The van der Waals surface area contributed by atoms with Crippen LogP contribution in [0.4, 0.5) is 0 Å². The average Bonchev–Trinajstić information content (AvgIpc) is 2.63. The predicted molar refractivity (Wildman–Crippen MR) is 66.7 cm³/mol. The largest absolute Gasteiger partial charge is 0.481 e. The number of carboxylic acid groups (broad SMARTS) is 1. The molecule has 0 saturated carbocycles. The number of aromatic nitrogens is 2. The van der Waals surface area contributed by atoms with E-state index in [1.807, 2.05) is 11.7 Å². The van der Waals surface area contributed by atoms with Crippen LogP contribution in [-0.2, 0) is 23.0 Å². The average molecular weight is 252 g/mol. The van der Waals surface area contributed by atoms with Crippen molar-refractivity contribution in [1.29, 1.82) is 0 Å². The summed E-state index contributed by atoms with van der Waals surface area (Å²) in [6.45, 7) is 3.66. The van der Waals surface area contributed by atoms with E-state index >= 15 is 0 Å². The Hall–Kier alpha value is -1.36. The van der Waals surface area contributed by atoms with Gasteiger partial charge < -0.3 is 9.84 Å². The molecule has 0 amide bonds. The molecule has 0 bridgehead atoms. The molecule has 1 N–H and O–H groups in total. The van der Waals surface area contributed by atoms with Gasteiger partial charge in [0.1, 0.15) is 0 Å². The van der Waals surface area contributed by atoms with Gasteiger partial charge in [-0.15, -0.1) is 0 Å². The van der Waals surface area contributed by atoms with Crippen LogP contribution in [0.5, 0.6) is 0 Å². The number of rotatable bonds is 4. The summed E-state index contributed by atoms with van der Waals surface area (Å²) >= 11 is 0. The van der Waals surface area contributed by atoms with Gasteiger partial charge in [-0.3, -0.25) is 9.48 Å². The lowest BCUT2D eigenvalue weighted by molar-refractivity contribution is -0.136. The molecule has 1 saturated heterocycles. The topological polar surface area (TPSA) is 64.3 Å². The molecule has 2 heterocycles. The van der Waals surface area contributed by atoms with Crippen molar-refractivity contribution in [2.24, 2.45) is 7.05 Å². The van der Waals surface area contributed by atoms with E-state index in [4.69, 9.17) is 9.84 Å². The van der Waals surface area contributed by atoms with Crippen LogP contribution in [0.2, 0.25) is 0 Å². The van der Waals surface area contributed by atoms with E-state index in [1.165, 1.54) is 5.69 Å². The second-order valence-corrected chi connectivity index (χ2v) is 4.86. The van der Waals surface area contributed by atoms with Crippen molar-refractivity contribution >= 4 is 5.97 Å². The van der Waals surface area contributed by atoms with Gasteiger partial charge in [-0.1, -0.05) is 0 Å². The zero-order valence-corrected chi connectivity index (χ0v) is 11.0. The minimum atomic E-state index is -0.771. The molecule has 1 fully saturated rings. The highest BCUT2D eigenvalue weighted by atomic mass is 16.5. The molecular formula is C13H20N2O3. The molecule has 0 atom stereocenters. The molecule has 0 aliphatic carbocycles. The number of aliphatic carboxylic acids is 1. The number of hydrogen-bond donors (Lipinski definition) is 1. The first kappa shape index (κ1) is 13.1. The zero-order valence-electron chi connectivity index (χ0n) is 11.0. The smallest absolute Gasteiger partial charge is 0.303 e. The quantitative estimate of drug-likeness (QED) is 0.884. The van der Waals surface area contributed by atoms with Crippen molar-refractivity contribution in [3.05, 3.63) is 17.0 Å². The number of carboxylic acids is 1. The lowest BCUT2D eigenvalue weighted by Gasteiger charge is -2.23. The maximum atomic E-state index is 10.6. The van der Waals surface area contributed by atoms with Gasteiger partial charge in [0.2, 0.25) is 0 Å². The molecule has 0 unspecified atom stereocenters. The Morgan fingerprint density at radius 1 is 1.50 bits per heavy atom. The zero-order chi connectivity index (χ0) is 13.1. The summed E-state index contributed by atoms with van der Waals surface area (Å²) in [6, 6.07) is 0. The van der Waals surface area contributed by atoms with E-state index in [1.54, 1.807) is 0 Å². The predicted octanol–water partition coefficient (Wildman–Crippen LogP) is 1.64. The van der Waals surface area contributed by atoms with Gasteiger partial charge in [0, 0.05) is 38.3 Å². The Morgan fingerprint density at radius 2 is 2.17 bits per heavy atom. The molecule has 0 aromatic carbocycles. The van der Waals surface area contributed by atoms with Crippen LogP contribution >= 0.6 is 0 Å². The van der Waals surface area contributed by atoms with Crippen molar-refractivity contribution in [3.63, 3.8) is 0 Å². The SMILES string of the molecule is Cc1c(CCC(=O)O)nn(C)c1C1CCOCC1. The lowest BCUT2D eigenvalue weighted by Crippen LogP contribution is -2.17. The minimum absolute atomic E-state index is 0.144. The van der Waals surface area contributed by atoms with Crippen LogP contribution < -0.4 is 0 Å². The number of ether oxygens (including phenoxy) is 1. The van der Waals surface area contributed by atoms with E-state index in [0.717, 1.165) is 37.3 Å². The van der Waals surface area contributed by atoms with Crippen LogP contribution in [0.15, 0.2) is 0 Å². The summed E-state index contributed by atoms with van der Waals surface area (Å²) in [5.74, 6) is -0.275. The van der Waals surface area contributed by atoms with Crippen molar-refractivity contribution < 1.29 is 14.6 Å². The van der Waals surface area contributed by atoms with E-state index in [2.05, 4.69) is 12.0 Å². The number of aryl methyl sites for hydroxylation is 2. The van der Waals surface area contributed by atoms with E-state index in [0.29, 0.717) is 12.3 Å². The Labute approximate surface area is 107 Å². The first-order chi connectivity index (χ1) is 8.59. The number of hydrogen-bond acceptors (Lipinski definition) is 3. The van der Waals surface area contributed by atoms with Gasteiger partial charge in [0.25, 0.3) is 0 Å². The highest BCUT2D eigenvalue weighted by Gasteiger charge is 2.23. The number of carbonyl (C=O) groups is 1. The van der Waals surface area contributed by atoms with Gasteiger partial charge in [-0.05, 0) is 25.3 Å². The molecule has 2 rings (SSSR count). The highest BCUT2D eigenvalue weighted by molar-refractivity contribution is 5.67. The Morgan fingerprint density at radius 3 is 2.78 bits per heavy atom. The highest BCUT2D eigenvalue weighted by Crippen LogP contribution is 2.30. The van der Waals surface area contributed by atoms with Crippen LogP contribution in [0, 0.1) is 6.92 Å². The summed E-state index contributed by atoms with van der Waals surface area (Å²) < 4.78 is 7.30. The third-order valence-corrected chi connectivity index (χ3v) is 3.62. The van der Waals surface area contributed by atoms with Crippen molar-refractivity contribution in [1.82, 2.24) is 9.78 Å². The van der Waals surface area contributed by atoms with Gasteiger partial charge in [0.15, 0.2) is 0 Å². The molecule has 1 aromatic heterocycles. The van der Waals surface area contributed by atoms with Gasteiger partial charge in [0.05, 0.1) is 12.1 Å². The van der Waals surface area contributed by atoms with Gasteiger partial charge in [-0.2, -0.15) is 5.10 Å². The molecule has 5 nitrogen and oxygen atoms in total. The van der Waals surface area contributed by atoms with Crippen LogP contribution in [0.1, 0.15) is 42.1 Å². The second-order valence-electron chi connectivity index (χ2n) is 4.86. The normalized spacial score (nSPS) is 17.0. The summed E-state index contributed by atoms with van der Waals surface area (Å²) in [7, 11) is 1.95. The fourth-order valence-electron chi connectivity index (χ4n) is 2.70. The fraction of sp³-hybridized carbons (Fsp3) is 0.692. The molecule has 0 radical (unpaired) electrons. The molecule has 5 heteroatoms. The third-order valence-electron chi connectivity index (χ3n) is 3.62. The van der Waals surface area contributed by atoms with Crippen molar-refractivity contribution in [3.8, 4) is 0 Å². The molecule has 1 aliphatic rings. The van der Waals surface area contributed by atoms with E-state index in [-0.39, 0.29) is 6.42 Å². The van der Waals surface area contributed by atoms with Crippen molar-refractivity contribution in [2.45, 2.75) is 38.5 Å². The minimum Gasteiger partial charge on any atom is -0.481 e. The van der Waals surface area contributed by atoms with E-state index in [9.17, 15) is 4.79 Å². The summed E-state index contributed by atoms with van der Waals surface area (Å²) in [5.41, 5.74) is 3.32. The molecular weight excluding hydrogens is 232 g/mol. The maximum Gasteiger partial charge on any atom is 0.303 e. The van der Waals surface area contributed by atoms with Gasteiger partial charge >= 0.3 is 5.97 Å². The maximum absolute atomic E-state index is 10.6. The Bertz CT molecular complexity index is 434. The number of nitrogens with zero attached hydrogens (tertiary/aromatic N) is 2.